The van der Waals surface area contributed by atoms with Crippen molar-refractivity contribution in [3.63, 3.8) is 0 Å². The second kappa shape index (κ2) is 4.57. The maximum atomic E-state index is 6.66. The summed E-state index contributed by atoms with van der Waals surface area (Å²) in [4.78, 5) is 4.74. The number of nitrogens with two attached hydrogens (primary N) is 1. The Balaban J connectivity index is 1.83. The van der Waals surface area contributed by atoms with E-state index in [4.69, 9.17) is 10.7 Å². The Morgan fingerprint density at radius 2 is 2.05 bits per heavy atom. The summed E-state index contributed by atoms with van der Waals surface area (Å²) >= 11 is 1.80. The molecule has 0 saturated heterocycles. The monoisotopic (exact) mass is 274 g/mol. The molecule has 3 rings (SSSR count). The van der Waals surface area contributed by atoms with Gasteiger partial charge in [0.15, 0.2) is 0 Å². The molecule has 0 aliphatic heterocycles. The lowest BCUT2D eigenvalue weighted by Gasteiger charge is -2.42. The van der Waals surface area contributed by atoms with Crippen molar-refractivity contribution in [2.45, 2.75) is 51.5 Å². The molecule has 0 spiro atoms. The number of para-hydroxylation sites is 1. The van der Waals surface area contributed by atoms with Crippen molar-refractivity contribution in [1.29, 1.82) is 0 Å². The zero-order valence-corrected chi connectivity index (χ0v) is 12.6. The summed E-state index contributed by atoms with van der Waals surface area (Å²) in [6.45, 7) is 4.68. The summed E-state index contributed by atoms with van der Waals surface area (Å²) in [5, 5.41) is 1.20. The molecule has 1 aromatic carbocycles. The zero-order valence-electron chi connectivity index (χ0n) is 11.8. The van der Waals surface area contributed by atoms with Crippen molar-refractivity contribution in [1.82, 2.24) is 4.98 Å². The van der Waals surface area contributed by atoms with Crippen molar-refractivity contribution < 1.29 is 0 Å². The highest BCUT2D eigenvalue weighted by molar-refractivity contribution is 7.18. The van der Waals surface area contributed by atoms with Crippen molar-refractivity contribution in [2.75, 3.05) is 0 Å². The quantitative estimate of drug-likeness (QED) is 0.894. The molecule has 0 bridgehead atoms. The average molecular weight is 274 g/mol. The first-order valence-electron chi connectivity index (χ1n) is 7.09. The normalized spacial score (nSPS) is 26.7. The Morgan fingerprint density at radius 3 is 2.79 bits per heavy atom. The first-order valence-corrected chi connectivity index (χ1v) is 7.91. The molecule has 0 radical (unpaired) electrons. The lowest BCUT2D eigenvalue weighted by atomic mass is 9.67. The predicted molar refractivity (Wildman–Crippen MR) is 82.5 cm³/mol. The lowest BCUT2D eigenvalue weighted by molar-refractivity contribution is 0.151. The number of rotatable bonds is 2. The number of hydrogen-bond donors (Lipinski definition) is 1. The number of benzene rings is 1. The van der Waals surface area contributed by atoms with Gasteiger partial charge in [0.1, 0.15) is 0 Å². The van der Waals surface area contributed by atoms with Crippen LogP contribution in [-0.4, -0.2) is 10.5 Å². The minimum Gasteiger partial charge on any atom is -0.325 e. The van der Waals surface area contributed by atoms with Gasteiger partial charge in [-0.3, -0.25) is 0 Å². The van der Waals surface area contributed by atoms with Gasteiger partial charge < -0.3 is 5.73 Å². The smallest absolute Gasteiger partial charge is 0.0956 e. The van der Waals surface area contributed by atoms with Crippen LogP contribution in [0.25, 0.3) is 10.2 Å². The van der Waals surface area contributed by atoms with E-state index < -0.39 is 0 Å². The number of thiazole rings is 1. The van der Waals surface area contributed by atoms with Crippen LogP contribution < -0.4 is 5.73 Å². The van der Waals surface area contributed by atoms with E-state index >= 15 is 0 Å². The molecule has 1 aliphatic carbocycles. The highest BCUT2D eigenvalue weighted by atomic mass is 32.1. The van der Waals surface area contributed by atoms with Gasteiger partial charge >= 0.3 is 0 Å². The van der Waals surface area contributed by atoms with Gasteiger partial charge in [-0.15, -0.1) is 11.3 Å². The van der Waals surface area contributed by atoms with E-state index in [1.807, 2.05) is 6.07 Å². The van der Waals surface area contributed by atoms with Crippen LogP contribution in [0.1, 0.15) is 44.5 Å². The van der Waals surface area contributed by atoms with E-state index in [2.05, 4.69) is 32.0 Å². The molecule has 1 heterocycles. The third-order valence-electron chi connectivity index (χ3n) is 4.20. The zero-order chi connectivity index (χ0) is 13.5. The molecule has 1 unspecified atom stereocenters. The maximum Gasteiger partial charge on any atom is 0.0956 e. The summed E-state index contributed by atoms with van der Waals surface area (Å²) in [5.74, 6) is 0. The van der Waals surface area contributed by atoms with Crippen LogP contribution in [0.2, 0.25) is 0 Å². The van der Waals surface area contributed by atoms with E-state index in [0.29, 0.717) is 5.41 Å². The van der Waals surface area contributed by atoms with E-state index in [1.165, 1.54) is 22.5 Å². The van der Waals surface area contributed by atoms with Crippen LogP contribution in [0, 0.1) is 5.41 Å². The second-order valence-corrected chi connectivity index (χ2v) is 7.92. The first kappa shape index (κ1) is 13.1. The minimum absolute atomic E-state index is 0.0599. The number of hydrogen-bond acceptors (Lipinski definition) is 3. The number of nitrogens with zero attached hydrogens (tertiary/aromatic N) is 1. The Labute approximate surface area is 119 Å². The second-order valence-electron chi connectivity index (χ2n) is 6.81. The molecule has 2 nitrogen and oxygen atoms in total. The van der Waals surface area contributed by atoms with Gasteiger partial charge in [0.05, 0.1) is 15.2 Å². The fraction of sp³-hybridized carbons (Fsp3) is 0.562. The van der Waals surface area contributed by atoms with Crippen molar-refractivity contribution >= 4 is 21.6 Å². The summed E-state index contributed by atoms with van der Waals surface area (Å²) in [6.07, 6.45) is 5.71. The van der Waals surface area contributed by atoms with Gasteiger partial charge in [0, 0.05) is 12.0 Å². The van der Waals surface area contributed by atoms with Crippen LogP contribution in [0.3, 0.4) is 0 Å². The lowest BCUT2D eigenvalue weighted by Crippen LogP contribution is -2.48. The molecule has 2 aromatic rings. The van der Waals surface area contributed by atoms with Crippen LogP contribution in [0.5, 0.6) is 0 Å². The van der Waals surface area contributed by atoms with Gasteiger partial charge in [-0.25, -0.2) is 4.98 Å². The number of fused-ring (bicyclic) bond motifs is 1. The SMILES string of the molecule is CC1(C)CCCC(N)(Cc2nc3ccccc3s2)C1. The van der Waals surface area contributed by atoms with E-state index in [0.717, 1.165) is 24.8 Å². The number of aromatic nitrogens is 1. The Bertz CT molecular complexity index is 554. The van der Waals surface area contributed by atoms with E-state index in [1.54, 1.807) is 11.3 Å². The van der Waals surface area contributed by atoms with Gasteiger partial charge in [-0.05, 0) is 36.8 Å². The fourth-order valence-electron chi connectivity index (χ4n) is 3.50. The Hall–Kier alpha value is -0.930. The molecule has 1 fully saturated rings. The van der Waals surface area contributed by atoms with Crippen LogP contribution in [-0.2, 0) is 6.42 Å². The molecule has 102 valence electrons. The standard InChI is InChI=1S/C16H22N2S/c1-15(2)8-5-9-16(17,11-15)10-14-18-12-6-3-4-7-13(12)19-14/h3-4,6-7H,5,8-11,17H2,1-2H3. The first-order chi connectivity index (χ1) is 8.96. The third kappa shape index (κ3) is 2.82. The minimum atomic E-state index is -0.0599. The average Bonchev–Trinajstić information content (AvgIpc) is 2.67. The molecular weight excluding hydrogens is 252 g/mol. The summed E-state index contributed by atoms with van der Waals surface area (Å²) in [7, 11) is 0. The van der Waals surface area contributed by atoms with Crippen LogP contribution >= 0.6 is 11.3 Å². The predicted octanol–water partition coefficient (Wildman–Crippen LogP) is 4.14. The van der Waals surface area contributed by atoms with Gasteiger partial charge in [-0.1, -0.05) is 32.4 Å². The Kier molecular flexibility index (Phi) is 3.14. The third-order valence-corrected chi connectivity index (χ3v) is 5.24. The summed E-state index contributed by atoms with van der Waals surface area (Å²) in [5.41, 5.74) is 8.09. The van der Waals surface area contributed by atoms with Crippen LogP contribution in [0.15, 0.2) is 24.3 Å². The van der Waals surface area contributed by atoms with Crippen molar-refractivity contribution in [3.05, 3.63) is 29.3 Å². The summed E-state index contributed by atoms with van der Waals surface area (Å²) in [6, 6.07) is 8.35. The molecule has 3 heteroatoms. The van der Waals surface area contributed by atoms with Crippen LogP contribution in [0.4, 0.5) is 0 Å². The van der Waals surface area contributed by atoms with E-state index in [9.17, 15) is 0 Å². The highest BCUT2D eigenvalue weighted by Gasteiger charge is 2.37. The largest absolute Gasteiger partial charge is 0.325 e. The topological polar surface area (TPSA) is 38.9 Å². The molecule has 1 atom stereocenters. The van der Waals surface area contributed by atoms with E-state index in [-0.39, 0.29) is 5.54 Å². The molecule has 1 aliphatic rings. The molecule has 0 amide bonds. The van der Waals surface area contributed by atoms with Gasteiger partial charge in [-0.2, -0.15) is 0 Å². The molecule has 1 aromatic heterocycles. The molecule has 19 heavy (non-hydrogen) atoms. The summed E-state index contributed by atoms with van der Waals surface area (Å²) < 4.78 is 1.27. The molecule has 1 saturated carbocycles. The maximum absolute atomic E-state index is 6.66. The Morgan fingerprint density at radius 1 is 1.26 bits per heavy atom. The van der Waals surface area contributed by atoms with Gasteiger partial charge in [0.25, 0.3) is 0 Å². The van der Waals surface area contributed by atoms with Crippen molar-refractivity contribution in [2.24, 2.45) is 11.1 Å². The highest BCUT2D eigenvalue weighted by Crippen LogP contribution is 2.41. The molecular formula is C16H22N2S. The van der Waals surface area contributed by atoms with Crippen molar-refractivity contribution in [3.8, 4) is 0 Å². The fourth-order valence-corrected chi connectivity index (χ4v) is 4.62. The van der Waals surface area contributed by atoms with Gasteiger partial charge in [0.2, 0.25) is 0 Å². The molecule has 2 N–H and O–H groups in total.